The van der Waals surface area contributed by atoms with E-state index in [1.807, 2.05) is 23.1 Å². The first kappa shape index (κ1) is 17.3. The van der Waals surface area contributed by atoms with Crippen LogP contribution >= 0.6 is 0 Å². The van der Waals surface area contributed by atoms with E-state index in [1.54, 1.807) is 31.4 Å². The summed E-state index contributed by atoms with van der Waals surface area (Å²) in [4.78, 5) is 31.9. The Morgan fingerprint density at radius 3 is 2.67 bits per heavy atom. The van der Waals surface area contributed by atoms with Crippen LogP contribution < -0.4 is 10.3 Å². The number of ether oxygens (including phenoxy) is 1. The summed E-state index contributed by atoms with van der Waals surface area (Å²) in [5.41, 5.74) is 1.62. The standard InChI is InChI=1S/C21H21N3O3/c1-27-17-7-5-6-16(13-17)24-14-22-19-12-15(8-9-18(19)21(24)26)20(25)23-10-3-2-4-11-23/h5-9,12-14H,2-4,10-11H2,1H3. The first-order valence-corrected chi connectivity index (χ1v) is 9.12. The van der Waals surface area contributed by atoms with E-state index in [0.29, 0.717) is 27.9 Å². The van der Waals surface area contributed by atoms with Crippen molar-refractivity contribution < 1.29 is 9.53 Å². The van der Waals surface area contributed by atoms with Crippen molar-refractivity contribution in [3.8, 4) is 11.4 Å². The minimum Gasteiger partial charge on any atom is -0.497 e. The van der Waals surface area contributed by atoms with E-state index in [4.69, 9.17) is 4.74 Å². The molecule has 1 aliphatic rings. The molecule has 2 aromatic carbocycles. The Morgan fingerprint density at radius 2 is 1.89 bits per heavy atom. The second kappa shape index (κ2) is 7.23. The number of nitrogens with zero attached hydrogens (tertiary/aromatic N) is 3. The lowest BCUT2D eigenvalue weighted by molar-refractivity contribution is 0.0724. The van der Waals surface area contributed by atoms with E-state index in [0.717, 1.165) is 25.9 Å². The number of carbonyl (C=O) groups excluding carboxylic acids is 1. The zero-order valence-corrected chi connectivity index (χ0v) is 15.2. The highest BCUT2D eigenvalue weighted by Crippen LogP contribution is 2.18. The van der Waals surface area contributed by atoms with E-state index in [2.05, 4.69) is 4.98 Å². The fourth-order valence-corrected chi connectivity index (χ4v) is 3.48. The normalized spacial score (nSPS) is 14.3. The average molecular weight is 363 g/mol. The first-order valence-electron chi connectivity index (χ1n) is 9.12. The molecule has 4 rings (SSSR count). The number of carbonyl (C=O) groups is 1. The van der Waals surface area contributed by atoms with Crippen LogP contribution in [-0.4, -0.2) is 40.6 Å². The van der Waals surface area contributed by atoms with Crippen molar-refractivity contribution in [3.63, 3.8) is 0 Å². The Hall–Kier alpha value is -3.15. The number of likely N-dealkylation sites (tertiary alicyclic amines) is 1. The fraction of sp³-hybridized carbons (Fsp3) is 0.286. The molecular weight excluding hydrogens is 342 g/mol. The predicted octanol–water partition coefficient (Wildman–Crippen LogP) is 3.02. The maximum atomic E-state index is 12.9. The number of fused-ring (bicyclic) bond motifs is 1. The predicted molar refractivity (Wildman–Crippen MR) is 104 cm³/mol. The number of rotatable bonds is 3. The Bertz CT molecular complexity index is 1050. The summed E-state index contributed by atoms with van der Waals surface area (Å²) in [6, 6.07) is 12.4. The summed E-state index contributed by atoms with van der Waals surface area (Å²) in [5.74, 6) is 0.678. The molecule has 1 aliphatic heterocycles. The topological polar surface area (TPSA) is 64.4 Å². The monoisotopic (exact) mass is 363 g/mol. The Balaban J connectivity index is 1.72. The van der Waals surface area contributed by atoms with Crippen LogP contribution in [0.25, 0.3) is 16.6 Å². The number of hydrogen-bond donors (Lipinski definition) is 0. The highest BCUT2D eigenvalue weighted by Gasteiger charge is 2.19. The number of aromatic nitrogens is 2. The second-order valence-corrected chi connectivity index (χ2v) is 6.71. The van der Waals surface area contributed by atoms with Crippen LogP contribution in [0.5, 0.6) is 5.75 Å². The van der Waals surface area contributed by atoms with Crippen molar-refractivity contribution in [2.75, 3.05) is 20.2 Å². The van der Waals surface area contributed by atoms with Gasteiger partial charge in [0.15, 0.2) is 0 Å². The third kappa shape index (κ3) is 3.30. The fourth-order valence-electron chi connectivity index (χ4n) is 3.48. The molecule has 6 nitrogen and oxygen atoms in total. The van der Waals surface area contributed by atoms with Gasteiger partial charge in [-0.25, -0.2) is 4.98 Å². The molecule has 0 spiro atoms. The molecule has 0 unspecified atom stereocenters. The van der Waals surface area contributed by atoms with Gasteiger partial charge in [0.2, 0.25) is 0 Å². The van der Waals surface area contributed by atoms with Crippen molar-refractivity contribution >= 4 is 16.8 Å². The summed E-state index contributed by atoms with van der Waals surface area (Å²) in [5, 5.41) is 0.482. The molecule has 0 atom stereocenters. The van der Waals surface area contributed by atoms with E-state index in [-0.39, 0.29) is 11.5 Å². The minimum atomic E-state index is -0.176. The maximum Gasteiger partial charge on any atom is 0.265 e. The lowest BCUT2D eigenvalue weighted by atomic mass is 10.1. The third-order valence-corrected chi connectivity index (χ3v) is 4.98. The number of benzene rings is 2. The molecule has 0 aliphatic carbocycles. The van der Waals surface area contributed by atoms with Crippen LogP contribution in [0.4, 0.5) is 0 Å². The van der Waals surface area contributed by atoms with Gasteiger partial charge in [0.05, 0.1) is 23.7 Å². The van der Waals surface area contributed by atoms with E-state index in [1.165, 1.54) is 17.3 Å². The molecule has 6 heteroatoms. The molecule has 0 bridgehead atoms. The number of amides is 1. The zero-order valence-electron chi connectivity index (χ0n) is 15.2. The van der Waals surface area contributed by atoms with Crippen molar-refractivity contribution in [1.82, 2.24) is 14.5 Å². The van der Waals surface area contributed by atoms with Crippen LogP contribution in [0.15, 0.2) is 53.6 Å². The van der Waals surface area contributed by atoms with Gasteiger partial charge in [-0.3, -0.25) is 14.2 Å². The molecular formula is C21H21N3O3. The lowest BCUT2D eigenvalue weighted by Crippen LogP contribution is -2.35. The third-order valence-electron chi connectivity index (χ3n) is 4.98. The zero-order chi connectivity index (χ0) is 18.8. The Labute approximate surface area is 157 Å². The van der Waals surface area contributed by atoms with Gasteiger partial charge in [-0.2, -0.15) is 0 Å². The second-order valence-electron chi connectivity index (χ2n) is 6.71. The van der Waals surface area contributed by atoms with Gasteiger partial charge < -0.3 is 9.64 Å². The summed E-state index contributed by atoms with van der Waals surface area (Å²) in [6.07, 6.45) is 4.76. The van der Waals surface area contributed by atoms with Crippen LogP contribution in [0.1, 0.15) is 29.6 Å². The molecule has 1 saturated heterocycles. The van der Waals surface area contributed by atoms with Crippen LogP contribution in [0, 0.1) is 0 Å². The van der Waals surface area contributed by atoms with Gasteiger partial charge in [-0.1, -0.05) is 6.07 Å². The molecule has 138 valence electrons. The molecule has 3 aromatic rings. The lowest BCUT2D eigenvalue weighted by Gasteiger charge is -2.26. The van der Waals surface area contributed by atoms with Gasteiger partial charge in [0, 0.05) is 24.7 Å². The SMILES string of the molecule is COc1cccc(-n2cnc3cc(C(=O)N4CCCCC4)ccc3c2=O)c1. The molecule has 2 heterocycles. The summed E-state index contributed by atoms with van der Waals surface area (Å²) < 4.78 is 6.71. The Morgan fingerprint density at radius 1 is 1.07 bits per heavy atom. The maximum absolute atomic E-state index is 12.9. The average Bonchev–Trinajstić information content (AvgIpc) is 2.74. The summed E-state index contributed by atoms with van der Waals surface area (Å²) in [7, 11) is 1.58. The highest BCUT2D eigenvalue weighted by atomic mass is 16.5. The van der Waals surface area contributed by atoms with E-state index >= 15 is 0 Å². The van der Waals surface area contributed by atoms with Gasteiger partial charge in [0.1, 0.15) is 12.1 Å². The molecule has 0 radical (unpaired) electrons. The number of hydrogen-bond acceptors (Lipinski definition) is 4. The van der Waals surface area contributed by atoms with Crippen molar-refractivity contribution in [2.24, 2.45) is 0 Å². The van der Waals surface area contributed by atoms with Crippen LogP contribution in [0.2, 0.25) is 0 Å². The number of methoxy groups -OCH3 is 1. The first-order chi connectivity index (χ1) is 13.2. The quantitative estimate of drug-likeness (QED) is 0.718. The Kier molecular flexibility index (Phi) is 4.62. The van der Waals surface area contributed by atoms with E-state index < -0.39 is 0 Å². The van der Waals surface area contributed by atoms with Crippen LogP contribution in [-0.2, 0) is 0 Å². The smallest absolute Gasteiger partial charge is 0.265 e. The van der Waals surface area contributed by atoms with Crippen molar-refractivity contribution in [1.29, 1.82) is 0 Å². The molecule has 27 heavy (non-hydrogen) atoms. The molecule has 1 fully saturated rings. The van der Waals surface area contributed by atoms with Crippen molar-refractivity contribution in [3.05, 3.63) is 64.7 Å². The van der Waals surface area contributed by atoms with Gasteiger partial charge >= 0.3 is 0 Å². The summed E-state index contributed by atoms with van der Waals surface area (Å²) in [6.45, 7) is 1.59. The molecule has 1 aromatic heterocycles. The molecule has 1 amide bonds. The molecule has 0 saturated carbocycles. The largest absolute Gasteiger partial charge is 0.497 e. The molecule has 0 N–H and O–H groups in total. The highest BCUT2D eigenvalue weighted by molar-refractivity contribution is 5.97. The van der Waals surface area contributed by atoms with Crippen molar-refractivity contribution in [2.45, 2.75) is 19.3 Å². The number of piperidine rings is 1. The van der Waals surface area contributed by atoms with Gasteiger partial charge in [-0.05, 0) is 49.6 Å². The minimum absolute atomic E-state index is 0.00961. The van der Waals surface area contributed by atoms with Gasteiger partial charge in [0.25, 0.3) is 11.5 Å². The van der Waals surface area contributed by atoms with Crippen LogP contribution in [0.3, 0.4) is 0 Å². The van der Waals surface area contributed by atoms with Gasteiger partial charge in [-0.15, -0.1) is 0 Å². The summed E-state index contributed by atoms with van der Waals surface area (Å²) >= 11 is 0. The van der Waals surface area contributed by atoms with E-state index in [9.17, 15) is 9.59 Å².